The van der Waals surface area contributed by atoms with Gasteiger partial charge in [0.15, 0.2) is 0 Å². The van der Waals surface area contributed by atoms with Crippen molar-refractivity contribution in [1.29, 1.82) is 0 Å². The van der Waals surface area contributed by atoms with E-state index in [1.807, 2.05) is 36.5 Å². The second kappa shape index (κ2) is 5.50. The molecule has 0 atom stereocenters. The quantitative estimate of drug-likeness (QED) is 0.704. The maximum absolute atomic E-state index is 4.41. The average molecular weight is 214 g/mol. The van der Waals surface area contributed by atoms with Gasteiger partial charge >= 0.3 is 0 Å². The van der Waals surface area contributed by atoms with Crippen molar-refractivity contribution < 1.29 is 0 Å². The molecule has 0 radical (unpaired) electrons. The highest BCUT2D eigenvalue weighted by Crippen LogP contribution is 2.19. The van der Waals surface area contributed by atoms with Gasteiger partial charge in [-0.05, 0) is 38.0 Å². The fourth-order valence-electron chi connectivity index (χ4n) is 2.03. The van der Waals surface area contributed by atoms with Gasteiger partial charge < -0.3 is 4.90 Å². The molecule has 0 saturated carbocycles. The van der Waals surface area contributed by atoms with E-state index in [1.54, 1.807) is 0 Å². The van der Waals surface area contributed by atoms with Gasteiger partial charge in [0.2, 0.25) is 0 Å². The van der Waals surface area contributed by atoms with E-state index in [4.69, 9.17) is 0 Å². The van der Waals surface area contributed by atoms with Gasteiger partial charge in [-0.25, -0.2) is 0 Å². The highest BCUT2D eigenvalue weighted by molar-refractivity contribution is 5.75. The lowest BCUT2D eigenvalue weighted by Crippen LogP contribution is -2.16. The molecule has 0 bridgehead atoms. The number of nitrogens with zero attached hydrogens (tertiary/aromatic N) is 2. The van der Waals surface area contributed by atoms with Crippen LogP contribution < -0.4 is 0 Å². The molecule has 1 fully saturated rings. The minimum Gasteiger partial charge on any atom is -0.375 e. The van der Waals surface area contributed by atoms with Crippen LogP contribution in [0.15, 0.2) is 47.1 Å². The lowest BCUT2D eigenvalue weighted by molar-refractivity contribution is 0.416. The zero-order valence-corrected chi connectivity index (χ0v) is 9.76. The van der Waals surface area contributed by atoms with Crippen molar-refractivity contribution >= 4 is 11.9 Å². The zero-order valence-electron chi connectivity index (χ0n) is 9.76. The first-order chi connectivity index (χ1) is 7.90. The predicted octanol–water partition coefficient (Wildman–Crippen LogP) is 3.39. The topological polar surface area (TPSA) is 15.6 Å². The Kier molecular flexibility index (Phi) is 3.76. The highest BCUT2D eigenvalue weighted by Gasteiger charge is 2.13. The second-order valence-electron chi connectivity index (χ2n) is 3.95. The van der Waals surface area contributed by atoms with Crippen LogP contribution in [0.5, 0.6) is 0 Å². The van der Waals surface area contributed by atoms with Crippen LogP contribution in [-0.2, 0) is 0 Å². The minimum absolute atomic E-state index is 1.01. The summed E-state index contributed by atoms with van der Waals surface area (Å²) in [4.78, 5) is 6.82. The van der Waals surface area contributed by atoms with Gasteiger partial charge in [-0.2, -0.15) is 0 Å². The molecule has 0 aromatic heterocycles. The number of aliphatic imine (C=N–C) groups is 1. The average Bonchev–Trinajstić information content (AvgIpc) is 2.78. The first kappa shape index (κ1) is 10.9. The standard InChI is InChI=1S/C14H18N2/c1-2-16-12-6-9-14(16)10-11-15-13-7-4-3-5-8-13/h3-5,7-8,10-11H,2,6,9,12H2,1H3/b14-10+,15-11?. The first-order valence-electron chi connectivity index (χ1n) is 5.93. The molecule has 0 spiro atoms. The van der Waals surface area contributed by atoms with E-state index in [1.165, 1.54) is 25.1 Å². The van der Waals surface area contributed by atoms with Gasteiger partial charge in [0.25, 0.3) is 0 Å². The Labute approximate surface area is 97.3 Å². The number of hydrogen-bond acceptors (Lipinski definition) is 2. The Balaban J connectivity index is 2.00. The van der Waals surface area contributed by atoms with E-state index in [-0.39, 0.29) is 0 Å². The molecule has 84 valence electrons. The van der Waals surface area contributed by atoms with Crippen molar-refractivity contribution in [2.24, 2.45) is 4.99 Å². The molecule has 1 heterocycles. The smallest absolute Gasteiger partial charge is 0.0629 e. The summed E-state index contributed by atoms with van der Waals surface area (Å²) < 4.78 is 0. The van der Waals surface area contributed by atoms with E-state index in [2.05, 4.69) is 22.9 Å². The van der Waals surface area contributed by atoms with E-state index >= 15 is 0 Å². The van der Waals surface area contributed by atoms with Crippen molar-refractivity contribution in [2.75, 3.05) is 13.1 Å². The molecule has 0 N–H and O–H groups in total. The molecule has 2 heteroatoms. The second-order valence-corrected chi connectivity index (χ2v) is 3.95. The van der Waals surface area contributed by atoms with Crippen molar-refractivity contribution in [3.05, 3.63) is 42.1 Å². The largest absolute Gasteiger partial charge is 0.375 e. The van der Waals surface area contributed by atoms with Crippen molar-refractivity contribution in [3.8, 4) is 0 Å². The van der Waals surface area contributed by atoms with E-state index < -0.39 is 0 Å². The zero-order chi connectivity index (χ0) is 11.2. The lowest BCUT2D eigenvalue weighted by Gasteiger charge is -2.16. The molecule has 1 saturated heterocycles. The summed E-state index contributed by atoms with van der Waals surface area (Å²) >= 11 is 0. The Morgan fingerprint density at radius 3 is 2.88 bits per heavy atom. The Morgan fingerprint density at radius 1 is 1.31 bits per heavy atom. The summed E-state index contributed by atoms with van der Waals surface area (Å²) in [5.74, 6) is 0. The molecule has 1 aromatic carbocycles. The number of hydrogen-bond donors (Lipinski definition) is 0. The van der Waals surface area contributed by atoms with Crippen LogP contribution in [0.4, 0.5) is 5.69 Å². The van der Waals surface area contributed by atoms with Crippen LogP contribution in [0.3, 0.4) is 0 Å². The van der Waals surface area contributed by atoms with Gasteiger partial charge in [0, 0.05) is 25.0 Å². The maximum Gasteiger partial charge on any atom is 0.0629 e. The van der Waals surface area contributed by atoms with Crippen LogP contribution in [0.2, 0.25) is 0 Å². The number of allylic oxidation sites excluding steroid dienone is 2. The molecule has 0 aliphatic carbocycles. The molecule has 1 aliphatic rings. The Hall–Kier alpha value is -1.57. The van der Waals surface area contributed by atoms with Crippen LogP contribution in [0, 0.1) is 0 Å². The molecule has 0 amide bonds. The molecule has 1 aliphatic heterocycles. The third kappa shape index (κ3) is 2.72. The third-order valence-corrected chi connectivity index (χ3v) is 2.90. The third-order valence-electron chi connectivity index (χ3n) is 2.90. The number of rotatable bonds is 3. The van der Waals surface area contributed by atoms with Gasteiger partial charge in [-0.15, -0.1) is 0 Å². The van der Waals surface area contributed by atoms with Gasteiger partial charge in [0.1, 0.15) is 0 Å². The summed E-state index contributed by atoms with van der Waals surface area (Å²) in [7, 11) is 0. The van der Waals surface area contributed by atoms with Gasteiger partial charge in [-0.3, -0.25) is 4.99 Å². The van der Waals surface area contributed by atoms with Crippen molar-refractivity contribution in [1.82, 2.24) is 4.90 Å². The summed E-state index contributed by atoms with van der Waals surface area (Å²) in [5, 5.41) is 0. The van der Waals surface area contributed by atoms with Crippen molar-refractivity contribution in [2.45, 2.75) is 19.8 Å². The molecule has 1 aromatic rings. The summed E-state index contributed by atoms with van der Waals surface area (Å²) in [5.41, 5.74) is 2.43. The fourth-order valence-corrected chi connectivity index (χ4v) is 2.03. The van der Waals surface area contributed by atoms with Crippen LogP contribution >= 0.6 is 0 Å². The molecular formula is C14H18N2. The van der Waals surface area contributed by atoms with E-state index in [0.29, 0.717) is 0 Å². The molecule has 2 rings (SSSR count). The number of para-hydroxylation sites is 1. The lowest BCUT2D eigenvalue weighted by atomic mass is 10.3. The summed E-state index contributed by atoms with van der Waals surface area (Å²) in [6.45, 7) is 4.50. The monoisotopic (exact) mass is 214 g/mol. The summed E-state index contributed by atoms with van der Waals surface area (Å²) in [6.07, 6.45) is 6.52. The number of likely N-dealkylation sites (tertiary alicyclic amines) is 1. The number of benzene rings is 1. The molecule has 0 unspecified atom stereocenters. The molecular weight excluding hydrogens is 196 g/mol. The predicted molar refractivity (Wildman–Crippen MR) is 69.2 cm³/mol. The summed E-state index contributed by atoms with van der Waals surface area (Å²) in [6, 6.07) is 10.1. The van der Waals surface area contributed by atoms with E-state index in [0.717, 1.165) is 12.2 Å². The first-order valence-corrected chi connectivity index (χ1v) is 5.93. The Bertz CT molecular complexity index is 379. The SMILES string of the molecule is CCN1CCC/C1=C\C=Nc1ccccc1. The van der Waals surface area contributed by atoms with Crippen LogP contribution in [0.25, 0.3) is 0 Å². The fraction of sp³-hybridized carbons (Fsp3) is 0.357. The van der Waals surface area contributed by atoms with Crippen LogP contribution in [0.1, 0.15) is 19.8 Å². The van der Waals surface area contributed by atoms with Gasteiger partial charge in [0.05, 0.1) is 5.69 Å². The van der Waals surface area contributed by atoms with Gasteiger partial charge in [-0.1, -0.05) is 18.2 Å². The maximum atomic E-state index is 4.41. The molecule has 2 nitrogen and oxygen atoms in total. The van der Waals surface area contributed by atoms with Crippen LogP contribution in [-0.4, -0.2) is 24.2 Å². The highest BCUT2D eigenvalue weighted by atomic mass is 15.1. The van der Waals surface area contributed by atoms with Crippen molar-refractivity contribution in [3.63, 3.8) is 0 Å². The minimum atomic E-state index is 1.01. The Morgan fingerprint density at radius 2 is 2.12 bits per heavy atom. The molecule has 16 heavy (non-hydrogen) atoms. The van der Waals surface area contributed by atoms with E-state index in [9.17, 15) is 0 Å². The normalized spacial score (nSPS) is 18.8.